The average Bonchev–Trinajstić information content (AvgIpc) is 2.65. The molecule has 0 radical (unpaired) electrons. The van der Waals surface area contributed by atoms with Crippen molar-refractivity contribution < 1.29 is 14.3 Å². The number of benzene rings is 2. The first kappa shape index (κ1) is 21.6. The Balaban J connectivity index is 0.00000280. The second kappa shape index (κ2) is 8.99. The lowest BCUT2D eigenvalue weighted by Crippen LogP contribution is -2.25. The van der Waals surface area contributed by atoms with Gasteiger partial charge in [0.2, 0.25) is 5.91 Å². The SMILES string of the molecule is C.C[C@@H](CO)n1ccc2c(NC(=O)Cc3ccc(F)c(Cl)c3)cccc2c1=O. The fourth-order valence-corrected chi connectivity index (χ4v) is 3.07. The summed E-state index contributed by atoms with van der Waals surface area (Å²) in [4.78, 5) is 25.0. The van der Waals surface area contributed by atoms with E-state index in [0.717, 1.165) is 0 Å². The Morgan fingerprint density at radius 3 is 2.68 bits per heavy atom. The van der Waals surface area contributed by atoms with Gasteiger partial charge in [0, 0.05) is 22.7 Å². The zero-order chi connectivity index (χ0) is 19.6. The van der Waals surface area contributed by atoms with Crippen molar-refractivity contribution in [2.24, 2.45) is 0 Å². The molecule has 28 heavy (non-hydrogen) atoms. The number of hydrogen-bond acceptors (Lipinski definition) is 3. The minimum Gasteiger partial charge on any atom is -0.394 e. The summed E-state index contributed by atoms with van der Waals surface area (Å²) in [6.45, 7) is 1.59. The number of carbonyl (C=O) groups is 1. The van der Waals surface area contributed by atoms with Gasteiger partial charge in [0.25, 0.3) is 5.56 Å². The maximum absolute atomic E-state index is 13.2. The molecule has 1 heterocycles. The predicted octanol–water partition coefficient (Wildman–Crippen LogP) is 4.16. The molecule has 1 atom stereocenters. The van der Waals surface area contributed by atoms with E-state index in [1.54, 1.807) is 37.4 Å². The first-order chi connectivity index (χ1) is 12.9. The summed E-state index contributed by atoms with van der Waals surface area (Å²) < 4.78 is 14.7. The van der Waals surface area contributed by atoms with Crippen LogP contribution in [0.5, 0.6) is 0 Å². The third kappa shape index (κ3) is 4.40. The predicted molar refractivity (Wildman–Crippen MR) is 110 cm³/mol. The van der Waals surface area contributed by atoms with Gasteiger partial charge in [-0.2, -0.15) is 0 Å². The molecule has 0 fully saturated rings. The lowest BCUT2D eigenvalue weighted by atomic mass is 10.1. The van der Waals surface area contributed by atoms with E-state index in [1.807, 2.05) is 0 Å². The highest BCUT2D eigenvalue weighted by Gasteiger charge is 2.12. The summed E-state index contributed by atoms with van der Waals surface area (Å²) in [6.07, 6.45) is 1.62. The molecule has 1 amide bonds. The van der Waals surface area contributed by atoms with Crippen molar-refractivity contribution in [2.45, 2.75) is 26.8 Å². The molecule has 3 aromatic rings. The monoisotopic (exact) mass is 404 g/mol. The van der Waals surface area contributed by atoms with E-state index in [-0.39, 0.29) is 43.0 Å². The Morgan fingerprint density at radius 2 is 2.00 bits per heavy atom. The van der Waals surface area contributed by atoms with E-state index < -0.39 is 5.82 Å². The third-order valence-corrected chi connectivity index (χ3v) is 4.62. The van der Waals surface area contributed by atoms with Gasteiger partial charge < -0.3 is 15.0 Å². The highest BCUT2D eigenvalue weighted by atomic mass is 35.5. The second-order valence-electron chi connectivity index (χ2n) is 6.30. The van der Waals surface area contributed by atoms with E-state index in [9.17, 15) is 19.1 Å². The lowest BCUT2D eigenvalue weighted by molar-refractivity contribution is -0.115. The van der Waals surface area contributed by atoms with Crippen molar-refractivity contribution in [2.75, 3.05) is 11.9 Å². The van der Waals surface area contributed by atoms with Gasteiger partial charge in [0.1, 0.15) is 5.82 Å². The Labute approximate surface area is 167 Å². The molecule has 1 aromatic heterocycles. The average molecular weight is 405 g/mol. The van der Waals surface area contributed by atoms with Crippen LogP contribution in [0.3, 0.4) is 0 Å². The maximum Gasteiger partial charge on any atom is 0.258 e. The number of hydrogen-bond donors (Lipinski definition) is 2. The van der Waals surface area contributed by atoms with Gasteiger partial charge in [-0.05, 0) is 42.8 Å². The maximum atomic E-state index is 13.2. The summed E-state index contributed by atoms with van der Waals surface area (Å²) in [5, 5.41) is 13.1. The number of rotatable bonds is 5. The molecule has 0 aliphatic heterocycles. The van der Waals surface area contributed by atoms with Crippen LogP contribution in [0.15, 0.2) is 53.5 Å². The molecule has 0 saturated heterocycles. The number of aliphatic hydroxyl groups excluding tert-OH is 1. The van der Waals surface area contributed by atoms with E-state index >= 15 is 0 Å². The molecule has 0 aliphatic carbocycles. The van der Waals surface area contributed by atoms with Gasteiger partial charge in [-0.15, -0.1) is 0 Å². The van der Waals surface area contributed by atoms with Crippen LogP contribution < -0.4 is 10.9 Å². The molecule has 2 aromatic carbocycles. The minimum atomic E-state index is -0.539. The lowest BCUT2D eigenvalue weighted by Gasteiger charge is -2.14. The highest BCUT2D eigenvalue weighted by molar-refractivity contribution is 6.30. The first-order valence-electron chi connectivity index (χ1n) is 8.39. The molecule has 3 rings (SSSR count). The summed E-state index contributed by atoms with van der Waals surface area (Å²) in [5.74, 6) is -0.846. The second-order valence-corrected chi connectivity index (χ2v) is 6.71. The summed E-state index contributed by atoms with van der Waals surface area (Å²) >= 11 is 5.74. The van der Waals surface area contributed by atoms with Crippen LogP contribution in [0.4, 0.5) is 10.1 Å². The normalized spacial score (nSPS) is 11.7. The van der Waals surface area contributed by atoms with Crippen LogP contribution in [0.1, 0.15) is 26.0 Å². The summed E-state index contributed by atoms with van der Waals surface area (Å²) in [6, 6.07) is 10.6. The van der Waals surface area contributed by atoms with E-state index in [0.29, 0.717) is 22.0 Å². The number of aliphatic hydroxyl groups is 1. The molecule has 5 nitrogen and oxygen atoms in total. The topological polar surface area (TPSA) is 71.3 Å². The number of halogens is 2. The molecule has 2 N–H and O–H groups in total. The molecule has 148 valence electrons. The van der Waals surface area contributed by atoms with Crippen molar-refractivity contribution >= 4 is 34.0 Å². The van der Waals surface area contributed by atoms with Gasteiger partial charge in [-0.1, -0.05) is 31.2 Å². The molecular weight excluding hydrogens is 383 g/mol. The quantitative estimate of drug-likeness (QED) is 0.670. The number of amides is 1. The van der Waals surface area contributed by atoms with Crippen molar-refractivity contribution in [3.8, 4) is 0 Å². The fraction of sp³-hybridized carbons (Fsp3) is 0.238. The molecule has 0 aliphatic rings. The van der Waals surface area contributed by atoms with Crippen LogP contribution >= 0.6 is 11.6 Å². The standard InChI is InChI=1S/C20H18ClFN2O3.CH4/c1-12(11-25)24-8-7-14-15(20(24)27)3-2-4-18(14)23-19(26)10-13-5-6-17(22)16(21)9-13;/h2-9,12,25H,10-11H2,1H3,(H,23,26);1H4/t12-;/m0./s1. The first-order valence-corrected chi connectivity index (χ1v) is 8.77. The Bertz CT molecular complexity index is 1070. The molecular formula is C21H22ClFN2O3. The molecule has 0 spiro atoms. The summed E-state index contributed by atoms with van der Waals surface area (Å²) in [5.41, 5.74) is 0.848. The van der Waals surface area contributed by atoms with E-state index in [4.69, 9.17) is 11.6 Å². The number of aromatic nitrogens is 1. The highest BCUT2D eigenvalue weighted by Crippen LogP contribution is 2.22. The van der Waals surface area contributed by atoms with Crippen molar-refractivity contribution in [3.63, 3.8) is 0 Å². The van der Waals surface area contributed by atoms with Crippen LogP contribution in [-0.2, 0) is 11.2 Å². The molecule has 0 saturated carbocycles. The number of fused-ring (bicyclic) bond motifs is 1. The largest absolute Gasteiger partial charge is 0.394 e. The van der Waals surface area contributed by atoms with Gasteiger partial charge in [0.05, 0.1) is 24.1 Å². The smallest absolute Gasteiger partial charge is 0.258 e. The fourth-order valence-electron chi connectivity index (χ4n) is 2.87. The number of anilines is 1. The minimum absolute atomic E-state index is 0. The molecule has 0 unspecified atom stereocenters. The zero-order valence-electron chi connectivity index (χ0n) is 14.6. The van der Waals surface area contributed by atoms with Crippen LogP contribution in [0, 0.1) is 5.82 Å². The zero-order valence-corrected chi connectivity index (χ0v) is 15.3. The van der Waals surface area contributed by atoms with Crippen LogP contribution in [-0.4, -0.2) is 22.2 Å². The Morgan fingerprint density at radius 1 is 1.25 bits per heavy atom. The Hall–Kier alpha value is -2.70. The number of nitrogens with one attached hydrogen (secondary N) is 1. The van der Waals surface area contributed by atoms with Crippen molar-refractivity contribution in [1.82, 2.24) is 4.57 Å². The van der Waals surface area contributed by atoms with Crippen molar-refractivity contribution in [3.05, 3.63) is 75.4 Å². The van der Waals surface area contributed by atoms with E-state index in [1.165, 1.54) is 22.8 Å². The molecule has 7 heteroatoms. The molecule has 0 bridgehead atoms. The van der Waals surface area contributed by atoms with Gasteiger partial charge >= 0.3 is 0 Å². The Kier molecular flexibility index (Phi) is 6.94. The van der Waals surface area contributed by atoms with Gasteiger partial charge in [0.15, 0.2) is 0 Å². The third-order valence-electron chi connectivity index (χ3n) is 4.33. The number of carbonyl (C=O) groups excluding carboxylic acids is 1. The summed E-state index contributed by atoms with van der Waals surface area (Å²) in [7, 11) is 0. The van der Waals surface area contributed by atoms with Gasteiger partial charge in [-0.3, -0.25) is 9.59 Å². The van der Waals surface area contributed by atoms with Crippen LogP contribution in [0.25, 0.3) is 10.8 Å². The van der Waals surface area contributed by atoms with Crippen LogP contribution in [0.2, 0.25) is 5.02 Å². The van der Waals surface area contributed by atoms with E-state index in [2.05, 4.69) is 5.32 Å². The number of pyridine rings is 1. The van der Waals surface area contributed by atoms with Crippen molar-refractivity contribution in [1.29, 1.82) is 0 Å². The number of nitrogens with zero attached hydrogens (tertiary/aromatic N) is 1. The van der Waals surface area contributed by atoms with Gasteiger partial charge in [-0.25, -0.2) is 4.39 Å².